The van der Waals surface area contributed by atoms with Crippen LogP contribution < -0.4 is 16.4 Å². The highest BCUT2D eigenvalue weighted by molar-refractivity contribution is 5.71. The van der Waals surface area contributed by atoms with Crippen molar-refractivity contribution in [2.75, 3.05) is 13.1 Å². The van der Waals surface area contributed by atoms with E-state index in [4.69, 9.17) is 5.73 Å². The molecule has 0 aromatic carbocycles. The van der Waals surface area contributed by atoms with Crippen LogP contribution in [0.2, 0.25) is 0 Å². The molecule has 1 saturated carbocycles. The van der Waals surface area contributed by atoms with E-state index in [9.17, 15) is 4.79 Å². The van der Waals surface area contributed by atoms with Crippen LogP contribution in [0.25, 0.3) is 0 Å². The monoisotopic (exact) mass is 241 g/mol. The summed E-state index contributed by atoms with van der Waals surface area (Å²) in [7, 11) is 0. The zero-order chi connectivity index (χ0) is 12.9. The maximum Gasteiger partial charge on any atom is 0.312 e. The minimum Gasteiger partial charge on any atom is -0.352 e. The van der Waals surface area contributed by atoms with Crippen molar-refractivity contribution in [3.8, 4) is 0 Å². The molecule has 1 aliphatic rings. The van der Waals surface area contributed by atoms with E-state index in [1.807, 2.05) is 0 Å². The van der Waals surface area contributed by atoms with Gasteiger partial charge in [-0.25, -0.2) is 4.79 Å². The third-order valence-corrected chi connectivity index (χ3v) is 3.71. The molecule has 100 valence electrons. The van der Waals surface area contributed by atoms with E-state index in [2.05, 4.69) is 31.4 Å². The molecule has 0 aliphatic heterocycles. The SMILES string of the molecule is CC(C)(C)C1CCCCC1NCCNC(N)=O. The van der Waals surface area contributed by atoms with E-state index in [-0.39, 0.29) is 0 Å². The maximum atomic E-state index is 10.6. The predicted octanol–water partition coefficient (Wildman–Crippen LogP) is 1.85. The van der Waals surface area contributed by atoms with Gasteiger partial charge in [0, 0.05) is 19.1 Å². The second-order valence-corrected chi connectivity index (χ2v) is 6.11. The van der Waals surface area contributed by atoms with Crippen LogP contribution in [0.1, 0.15) is 46.5 Å². The summed E-state index contributed by atoms with van der Waals surface area (Å²) in [6.45, 7) is 8.38. The van der Waals surface area contributed by atoms with Gasteiger partial charge in [-0.2, -0.15) is 0 Å². The van der Waals surface area contributed by atoms with Gasteiger partial charge in [-0.3, -0.25) is 0 Å². The number of carbonyl (C=O) groups is 1. The topological polar surface area (TPSA) is 67.2 Å². The van der Waals surface area contributed by atoms with E-state index >= 15 is 0 Å². The molecule has 0 bridgehead atoms. The highest BCUT2D eigenvalue weighted by Gasteiger charge is 2.33. The quantitative estimate of drug-likeness (QED) is 0.658. The van der Waals surface area contributed by atoms with Gasteiger partial charge in [0.15, 0.2) is 0 Å². The van der Waals surface area contributed by atoms with Gasteiger partial charge in [-0.05, 0) is 24.2 Å². The smallest absolute Gasteiger partial charge is 0.312 e. The Kier molecular flexibility index (Phi) is 5.25. The lowest BCUT2D eigenvalue weighted by Crippen LogP contribution is -2.46. The number of rotatable bonds is 4. The van der Waals surface area contributed by atoms with E-state index < -0.39 is 6.03 Å². The summed E-state index contributed by atoms with van der Waals surface area (Å²) in [5.74, 6) is 0.727. The fraction of sp³-hybridized carbons (Fsp3) is 0.923. The number of amides is 2. The molecule has 1 aliphatic carbocycles. The van der Waals surface area contributed by atoms with Gasteiger partial charge in [-0.1, -0.05) is 33.6 Å². The Hall–Kier alpha value is -0.770. The highest BCUT2D eigenvalue weighted by Crippen LogP contribution is 2.37. The Morgan fingerprint density at radius 2 is 1.88 bits per heavy atom. The summed E-state index contributed by atoms with van der Waals surface area (Å²) in [5, 5.41) is 6.18. The Balaban J connectivity index is 2.35. The van der Waals surface area contributed by atoms with Gasteiger partial charge >= 0.3 is 6.03 Å². The first-order valence-corrected chi connectivity index (χ1v) is 6.68. The lowest BCUT2D eigenvalue weighted by molar-refractivity contribution is 0.131. The lowest BCUT2D eigenvalue weighted by Gasteiger charge is -2.41. The van der Waals surface area contributed by atoms with Crippen molar-refractivity contribution in [2.45, 2.75) is 52.5 Å². The fourth-order valence-electron chi connectivity index (χ4n) is 2.86. The molecule has 0 spiro atoms. The minimum atomic E-state index is -0.442. The Morgan fingerprint density at radius 1 is 1.24 bits per heavy atom. The van der Waals surface area contributed by atoms with Crippen molar-refractivity contribution in [3.63, 3.8) is 0 Å². The second kappa shape index (κ2) is 6.24. The van der Waals surface area contributed by atoms with Crippen LogP contribution >= 0.6 is 0 Å². The van der Waals surface area contributed by atoms with Crippen LogP contribution in [0.4, 0.5) is 4.79 Å². The van der Waals surface area contributed by atoms with E-state index in [1.165, 1.54) is 25.7 Å². The van der Waals surface area contributed by atoms with Gasteiger partial charge in [0.2, 0.25) is 0 Å². The van der Waals surface area contributed by atoms with Crippen LogP contribution in [0.5, 0.6) is 0 Å². The molecule has 4 N–H and O–H groups in total. The number of nitrogens with two attached hydrogens (primary N) is 1. The molecule has 4 nitrogen and oxygen atoms in total. The molecule has 17 heavy (non-hydrogen) atoms. The van der Waals surface area contributed by atoms with Gasteiger partial charge < -0.3 is 16.4 Å². The maximum absolute atomic E-state index is 10.6. The van der Waals surface area contributed by atoms with Crippen molar-refractivity contribution in [3.05, 3.63) is 0 Å². The normalized spacial score (nSPS) is 25.6. The number of carbonyl (C=O) groups excluding carboxylic acids is 1. The predicted molar refractivity (Wildman–Crippen MR) is 70.8 cm³/mol. The van der Waals surface area contributed by atoms with Crippen molar-refractivity contribution in [1.82, 2.24) is 10.6 Å². The molecule has 0 heterocycles. The van der Waals surface area contributed by atoms with Crippen molar-refractivity contribution in [1.29, 1.82) is 0 Å². The van der Waals surface area contributed by atoms with Crippen molar-refractivity contribution < 1.29 is 4.79 Å². The van der Waals surface area contributed by atoms with Crippen LogP contribution in [0.3, 0.4) is 0 Å². The summed E-state index contributed by atoms with van der Waals surface area (Å²) in [6.07, 6.45) is 5.22. The molecule has 0 radical (unpaired) electrons. The van der Waals surface area contributed by atoms with Crippen LogP contribution in [0.15, 0.2) is 0 Å². The van der Waals surface area contributed by atoms with Crippen molar-refractivity contribution in [2.24, 2.45) is 17.1 Å². The summed E-state index contributed by atoms with van der Waals surface area (Å²) in [6, 6.07) is 0.140. The van der Waals surface area contributed by atoms with Crippen LogP contribution in [-0.2, 0) is 0 Å². The molecule has 2 atom stereocenters. The summed E-state index contributed by atoms with van der Waals surface area (Å²) < 4.78 is 0. The first-order chi connectivity index (χ1) is 7.91. The zero-order valence-electron chi connectivity index (χ0n) is 11.4. The van der Waals surface area contributed by atoms with Gasteiger partial charge in [0.25, 0.3) is 0 Å². The molecule has 1 fully saturated rings. The highest BCUT2D eigenvalue weighted by atomic mass is 16.2. The average Bonchev–Trinajstić information content (AvgIpc) is 2.23. The first-order valence-electron chi connectivity index (χ1n) is 6.68. The van der Waals surface area contributed by atoms with Crippen molar-refractivity contribution >= 4 is 6.03 Å². The summed E-state index contributed by atoms with van der Waals surface area (Å²) >= 11 is 0. The van der Waals surface area contributed by atoms with E-state index in [0.717, 1.165) is 12.5 Å². The Morgan fingerprint density at radius 3 is 2.47 bits per heavy atom. The van der Waals surface area contributed by atoms with Crippen LogP contribution in [-0.4, -0.2) is 25.2 Å². The molecule has 0 aromatic heterocycles. The minimum absolute atomic E-state index is 0.356. The molecular formula is C13H27N3O. The Bertz CT molecular complexity index is 248. The third kappa shape index (κ3) is 4.94. The zero-order valence-corrected chi connectivity index (χ0v) is 11.4. The van der Waals surface area contributed by atoms with E-state index in [1.54, 1.807) is 0 Å². The molecule has 2 unspecified atom stereocenters. The molecule has 1 rings (SSSR count). The summed E-state index contributed by atoms with van der Waals surface area (Å²) in [5.41, 5.74) is 5.39. The number of hydrogen-bond donors (Lipinski definition) is 3. The first kappa shape index (κ1) is 14.3. The second-order valence-electron chi connectivity index (χ2n) is 6.11. The lowest BCUT2D eigenvalue weighted by atomic mass is 9.69. The Labute approximate surface area is 105 Å². The van der Waals surface area contributed by atoms with Gasteiger partial charge in [0.1, 0.15) is 0 Å². The van der Waals surface area contributed by atoms with Crippen LogP contribution in [0, 0.1) is 11.3 Å². The largest absolute Gasteiger partial charge is 0.352 e. The third-order valence-electron chi connectivity index (χ3n) is 3.71. The molecule has 0 saturated heterocycles. The number of primary amides is 1. The van der Waals surface area contributed by atoms with Gasteiger partial charge in [-0.15, -0.1) is 0 Å². The van der Waals surface area contributed by atoms with Gasteiger partial charge in [0.05, 0.1) is 0 Å². The van der Waals surface area contributed by atoms with E-state index in [0.29, 0.717) is 18.0 Å². The standard InChI is InChI=1S/C13H27N3O/c1-13(2,3)10-6-4-5-7-11(10)15-8-9-16-12(14)17/h10-11,15H,4-9H2,1-3H3,(H3,14,16,17). The number of hydrogen-bond acceptors (Lipinski definition) is 2. The summed E-state index contributed by atoms with van der Waals surface area (Å²) in [4.78, 5) is 10.6. The number of urea groups is 1. The molecule has 4 heteroatoms. The molecule has 0 aromatic rings. The fourth-order valence-corrected chi connectivity index (χ4v) is 2.86. The number of nitrogens with one attached hydrogen (secondary N) is 2. The average molecular weight is 241 g/mol. The molecule has 2 amide bonds. The molecular weight excluding hydrogens is 214 g/mol.